The van der Waals surface area contributed by atoms with Crippen molar-refractivity contribution in [1.82, 2.24) is 0 Å². The molecule has 0 aliphatic heterocycles. The Labute approximate surface area is 130 Å². The summed E-state index contributed by atoms with van der Waals surface area (Å²) in [5.41, 5.74) is 12.5. The van der Waals surface area contributed by atoms with Crippen LogP contribution in [-0.4, -0.2) is 0 Å². The number of hydrogen-bond donors (Lipinski definition) is 1. The van der Waals surface area contributed by atoms with Crippen molar-refractivity contribution in [3.8, 4) is 0 Å². The van der Waals surface area contributed by atoms with Gasteiger partial charge in [0, 0.05) is 6.04 Å². The van der Waals surface area contributed by atoms with Gasteiger partial charge in [-0.1, -0.05) is 47.0 Å². The van der Waals surface area contributed by atoms with Gasteiger partial charge in [0.2, 0.25) is 0 Å². The van der Waals surface area contributed by atoms with Gasteiger partial charge in [-0.05, 0) is 61.6 Å². The SMILES string of the molecule is Cc1cc(C)c(CC(N)c2ccc(Cl)c(Cl)c2)c(C)c1. The van der Waals surface area contributed by atoms with E-state index in [1.54, 1.807) is 6.07 Å². The Balaban J connectivity index is 2.27. The maximum absolute atomic E-state index is 6.32. The minimum absolute atomic E-state index is 0.0788. The highest BCUT2D eigenvalue weighted by Gasteiger charge is 2.12. The van der Waals surface area contributed by atoms with Gasteiger partial charge in [0.1, 0.15) is 0 Å². The van der Waals surface area contributed by atoms with Crippen LogP contribution in [0.1, 0.15) is 33.9 Å². The lowest BCUT2D eigenvalue weighted by Gasteiger charge is -2.17. The van der Waals surface area contributed by atoms with Gasteiger partial charge in [-0.15, -0.1) is 0 Å². The second-order valence-corrected chi connectivity index (χ2v) is 6.18. The average Bonchev–Trinajstić information content (AvgIpc) is 2.36. The van der Waals surface area contributed by atoms with E-state index in [1.165, 1.54) is 22.3 Å². The summed E-state index contributed by atoms with van der Waals surface area (Å²) in [6, 6.07) is 9.91. The lowest BCUT2D eigenvalue weighted by molar-refractivity contribution is 0.715. The Morgan fingerprint density at radius 2 is 1.55 bits per heavy atom. The van der Waals surface area contributed by atoms with E-state index in [-0.39, 0.29) is 6.04 Å². The van der Waals surface area contributed by atoms with Crippen molar-refractivity contribution in [3.63, 3.8) is 0 Å². The number of benzene rings is 2. The second-order valence-electron chi connectivity index (χ2n) is 5.36. The molecule has 0 saturated carbocycles. The van der Waals surface area contributed by atoms with Crippen LogP contribution in [0.5, 0.6) is 0 Å². The monoisotopic (exact) mass is 307 g/mol. The van der Waals surface area contributed by atoms with E-state index in [9.17, 15) is 0 Å². The highest BCUT2D eigenvalue weighted by molar-refractivity contribution is 6.42. The molecule has 0 saturated heterocycles. The molecule has 20 heavy (non-hydrogen) atoms. The maximum Gasteiger partial charge on any atom is 0.0595 e. The molecule has 1 unspecified atom stereocenters. The zero-order valence-electron chi connectivity index (χ0n) is 12.0. The molecule has 3 heteroatoms. The number of hydrogen-bond acceptors (Lipinski definition) is 1. The summed E-state index contributed by atoms with van der Waals surface area (Å²) in [5.74, 6) is 0. The zero-order chi connectivity index (χ0) is 14.9. The molecule has 0 heterocycles. The highest BCUT2D eigenvalue weighted by atomic mass is 35.5. The molecule has 0 amide bonds. The summed E-state index contributed by atoms with van der Waals surface area (Å²) in [4.78, 5) is 0. The highest BCUT2D eigenvalue weighted by Crippen LogP contribution is 2.27. The van der Waals surface area contributed by atoms with Gasteiger partial charge in [-0.2, -0.15) is 0 Å². The van der Waals surface area contributed by atoms with Crippen LogP contribution < -0.4 is 5.73 Å². The Bertz CT molecular complexity index is 612. The van der Waals surface area contributed by atoms with Gasteiger partial charge in [0.15, 0.2) is 0 Å². The fourth-order valence-electron chi connectivity index (χ4n) is 2.61. The van der Waals surface area contributed by atoms with Gasteiger partial charge in [0.05, 0.1) is 10.0 Å². The van der Waals surface area contributed by atoms with E-state index in [1.807, 2.05) is 12.1 Å². The van der Waals surface area contributed by atoms with Crippen molar-refractivity contribution in [2.45, 2.75) is 33.2 Å². The fraction of sp³-hybridized carbons (Fsp3) is 0.294. The predicted octanol–water partition coefficient (Wildman–Crippen LogP) is 5.16. The zero-order valence-corrected chi connectivity index (χ0v) is 13.5. The molecule has 0 aromatic heterocycles. The number of nitrogens with two attached hydrogens (primary N) is 1. The first kappa shape index (κ1) is 15.4. The first-order chi connectivity index (χ1) is 9.38. The van der Waals surface area contributed by atoms with E-state index in [0.29, 0.717) is 10.0 Å². The summed E-state index contributed by atoms with van der Waals surface area (Å²) in [5, 5.41) is 1.11. The molecule has 1 nitrogen and oxygen atoms in total. The topological polar surface area (TPSA) is 26.0 Å². The summed E-state index contributed by atoms with van der Waals surface area (Å²) in [6.07, 6.45) is 0.801. The number of halogens is 2. The fourth-order valence-corrected chi connectivity index (χ4v) is 2.92. The standard InChI is InChI=1S/C17H19Cl2N/c1-10-6-11(2)14(12(3)7-10)9-17(20)13-4-5-15(18)16(19)8-13/h4-8,17H,9,20H2,1-3H3. The molecule has 0 fully saturated rings. The normalized spacial score (nSPS) is 12.5. The van der Waals surface area contributed by atoms with E-state index >= 15 is 0 Å². The third-order valence-corrected chi connectivity index (χ3v) is 4.38. The Kier molecular flexibility index (Phi) is 4.74. The van der Waals surface area contributed by atoms with E-state index in [2.05, 4.69) is 32.9 Å². The molecule has 0 aliphatic rings. The van der Waals surface area contributed by atoms with Crippen molar-refractivity contribution < 1.29 is 0 Å². The van der Waals surface area contributed by atoms with Crippen LogP contribution in [0.25, 0.3) is 0 Å². The Hall–Kier alpha value is -1.02. The van der Waals surface area contributed by atoms with Gasteiger partial charge in [0.25, 0.3) is 0 Å². The van der Waals surface area contributed by atoms with Crippen LogP contribution in [0.2, 0.25) is 10.0 Å². The van der Waals surface area contributed by atoms with Crippen molar-refractivity contribution in [2.24, 2.45) is 5.73 Å². The van der Waals surface area contributed by atoms with Gasteiger partial charge >= 0.3 is 0 Å². The third kappa shape index (κ3) is 3.35. The number of rotatable bonds is 3. The second kappa shape index (κ2) is 6.17. The summed E-state index contributed by atoms with van der Waals surface area (Å²) >= 11 is 12.0. The van der Waals surface area contributed by atoms with E-state index in [4.69, 9.17) is 28.9 Å². The van der Waals surface area contributed by atoms with Gasteiger partial charge in [-0.3, -0.25) is 0 Å². The Morgan fingerprint density at radius 1 is 0.950 bits per heavy atom. The van der Waals surface area contributed by atoms with Crippen molar-refractivity contribution in [2.75, 3.05) is 0 Å². The first-order valence-corrected chi connectivity index (χ1v) is 7.41. The van der Waals surface area contributed by atoms with Crippen LogP contribution in [-0.2, 0) is 6.42 Å². The minimum atomic E-state index is -0.0788. The summed E-state index contributed by atoms with van der Waals surface area (Å²) < 4.78 is 0. The van der Waals surface area contributed by atoms with Crippen LogP contribution in [0, 0.1) is 20.8 Å². The lowest BCUT2D eigenvalue weighted by atomic mass is 9.92. The predicted molar refractivity (Wildman–Crippen MR) is 87.7 cm³/mol. The molecule has 2 aromatic carbocycles. The third-order valence-electron chi connectivity index (χ3n) is 3.64. The molecule has 2 N–H and O–H groups in total. The molecular formula is C17H19Cl2N. The molecular weight excluding hydrogens is 289 g/mol. The van der Waals surface area contributed by atoms with Crippen molar-refractivity contribution in [3.05, 3.63) is 68.2 Å². The molecule has 0 bridgehead atoms. The molecule has 0 aliphatic carbocycles. The molecule has 0 spiro atoms. The lowest BCUT2D eigenvalue weighted by Crippen LogP contribution is -2.15. The van der Waals surface area contributed by atoms with E-state index in [0.717, 1.165) is 12.0 Å². The van der Waals surface area contributed by atoms with Gasteiger partial charge < -0.3 is 5.73 Å². The summed E-state index contributed by atoms with van der Waals surface area (Å²) in [6.45, 7) is 6.39. The van der Waals surface area contributed by atoms with Crippen LogP contribution in [0.4, 0.5) is 0 Å². The minimum Gasteiger partial charge on any atom is -0.324 e. The molecule has 1 atom stereocenters. The molecule has 106 valence electrons. The first-order valence-electron chi connectivity index (χ1n) is 6.65. The van der Waals surface area contributed by atoms with Crippen molar-refractivity contribution in [1.29, 1.82) is 0 Å². The smallest absolute Gasteiger partial charge is 0.0595 e. The van der Waals surface area contributed by atoms with Crippen LogP contribution >= 0.6 is 23.2 Å². The van der Waals surface area contributed by atoms with Gasteiger partial charge in [-0.25, -0.2) is 0 Å². The Morgan fingerprint density at radius 3 is 2.10 bits per heavy atom. The van der Waals surface area contributed by atoms with Crippen molar-refractivity contribution >= 4 is 23.2 Å². The largest absolute Gasteiger partial charge is 0.324 e. The average molecular weight is 308 g/mol. The quantitative estimate of drug-likeness (QED) is 0.832. The number of aryl methyl sites for hydroxylation is 3. The van der Waals surface area contributed by atoms with E-state index < -0.39 is 0 Å². The molecule has 0 radical (unpaired) electrons. The molecule has 2 rings (SSSR count). The molecule has 2 aromatic rings. The summed E-state index contributed by atoms with van der Waals surface area (Å²) in [7, 11) is 0. The maximum atomic E-state index is 6.32. The van der Waals surface area contributed by atoms with Crippen LogP contribution in [0.3, 0.4) is 0 Å². The van der Waals surface area contributed by atoms with Crippen LogP contribution in [0.15, 0.2) is 30.3 Å².